The van der Waals surface area contributed by atoms with E-state index in [2.05, 4.69) is 32.0 Å². The molecule has 2 atom stereocenters. The molecule has 4 rings (SSSR count). The van der Waals surface area contributed by atoms with Crippen molar-refractivity contribution in [3.05, 3.63) is 36.1 Å². The molecule has 0 unspecified atom stereocenters. The minimum absolute atomic E-state index is 0.104. The van der Waals surface area contributed by atoms with Gasteiger partial charge in [-0.15, -0.1) is 11.3 Å². The summed E-state index contributed by atoms with van der Waals surface area (Å²) in [4.78, 5) is 12.1. The van der Waals surface area contributed by atoms with E-state index in [1.807, 2.05) is 22.2 Å². The van der Waals surface area contributed by atoms with E-state index < -0.39 is 0 Å². The van der Waals surface area contributed by atoms with E-state index in [1.54, 1.807) is 24.0 Å². The molecule has 23 heavy (non-hydrogen) atoms. The molecule has 0 N–H and O–H groups in total. The van der Waals surface area contributed by atoms with E-state index in [-0.39, 0.29) is 6.04 Å². The standard InChI is InChI=1S/C15H18N6OS/c1-11(15-18-14(19-22-15)13-5-3-7-23-13)21-6-2-4-12(21)8-20-10-16-9-17-20/h3,5,7,9-12H,2,4,6,8H2,1H3/t11-,12+/m1/s1. The number of hydrogen-bond acceptors (Lipinski definition) is 7. The second-order valence-corrected chi connectivity index (χ2v) is 6.71. The number of nitrogens with zero attached hydrogens (tertiary/aromatic N) is 6. The molecule has 3 aromatic rings. The van der Waals surface area contributed by atoms with Gasteiger partial charge in [-0.2, -0.15) is 10.1 Å². The maximum Gasteiger partial charge on any atom is 0.244 e. The first-order valence-corrected chi connectivity index (χ1v) is 8.65. The largest absolute Gasteiger partial charge is 0.337 e. The van der Waals surface area contributed by atoms with Crippen molar-refractivity contribution in [3.8, 4) is 10.7 Å². The smallest absolute Gasteiger partial charge is 0.244 e. The maximum absolute atomic E-state index is 5.52. The van der Waals surface area contributed by atoms with Crippen LogP contribution in [0.15, 0.2) is 34.7 Å². The molecule has 1 fully saturated rings. The predicted molar refractivity (Wildman–Crippen MR) is 85.8 cm³/mol. The third-order valence-electron chi connectivity index (χ3n) is 4.33. The number of hydrogen-bond donors (Lipinski definition) is 0. The van der Waals surface area contributed by atoms with E-state index in [0.29, 0.717) is 17.8 Å². The molecule has 7 nitrogen and oxygen atoms in total. The summed E-state index contributed by atoms with van der Waals surface area (Å²) < 4.78 is 7.40. The fraction of sp³-hybridized carbons (Fsp3) is 0.467. The highest BCUT2D eigenvalue weighted by molar-refractivity contribution is 7.13. The molecule has 0 amide bonds. The molecule has 0 bridgehead atoms. The number of likely N-dealkylation sites (tertiary alicyclic amines) is 1. The average Bonchev–Trinajstić information content (AvgIpc) is 3.33. The van der Waals surface area contributed by atoms with E-state index >= 15 is 0 Å². The van der Waals surface area contributed by atoms with Crippen LogP contribution in [0.5, 0.6) is 0 Å². The lowest BCUT2D eigenvalue weighted by Gasteiger charge is -2.28. The summed E-state index contributed by atoms with van der Waals surface area (Å²) in [5.74, 6) is 1.35. The quantitative estimate of drug-likeness (QED) is 0.716. The van der Waals surface area contributed by atoms with Crippen molar-refractivity contribution in [3.63, 3.8) is 0 Å². The van der Waals surface area contributed by atoms with Gasteiger partial charge in [0.05, 0.1) is 17.5 Å². The second-order valence-electron chi connectivity index (χ2n) is 5.76. The van der Waals surface area contributed by atoms with Gasteiger partial charge in [-0.25, -0.2) is 4.98 Å². The fourth-order valence-corrected chi connectivity index (χ4v) is 3.81. The zero-order valence-corrected chi connectivity index (χ0v) is 13.7. The molecule has 0 radical (unpaired) electrons. The molecule has 0 spiro atoms. The van der Waals surface area contributed by atoms with Gasteiger partial charge in [0.1, 0.15) is 12.7 Å². The highest BCUT2D eigenvalue weighted by atomic mass is 32.1. The Morgan fingerprint density at radius 2 is 2.43 bits per heavy atom. The third kappa shape index (κ3) is 2.91. The van der Waals surface area contributed by atoms with Gasteiger partial charge in [0.25, 0.3) is 0 Å². The highest BCUT2D eigenvalue weighted by Crippen LogP contribution is 2.30. The van der Waals surface area contributed by atoms with Crippen LogP contribution in [-0.2, 0) is 6.54 Å². The fourth-order valence-electron chi connectivity index (χ4n) is 3.16. The van der Waals surface area contributed by atoms with Crippen molar-refractivity contribution in [1.29, 1.82) is 0 Å². The van der Waals surface area contributed by atoms with Crippen LogP contribution in [0.1, 0.15) is 31.7 Å². The Hall–Kier alpha value is -2.06. The molecule has 4 heterocycles. The predicted octanol–water partition coefficient (Wildman–Crippen LogP) is 2.62. The molecule has 8 heteroatoms. The first-order valence-electron chi connectivity index (χ1n) is 7.77. The number of rotatable bonds is 5. The maximum atomic E-state index is 5.52. The van der Waals surface area contributed by atoms with E-state index in [1.165, 1.54) is 6.42 Å². The Bertz CT molecular complexity index is 738. The van der Waals surface area contributed by atoms with Gasteiger partial charge in [0, 0.05) is 6.04 Å². The van der Waals surface area contributed by atoms with Gasteiger partial charge >= 0.3 is 0 Å². The summed E-state index contributed by atoms with van der Waals surface area (Å²) in [5.41, 5.74) is 0. The summed E-state index contributed by atoms with van der Waals surface area (Å²) in [6, 6.07) is 4.53. The zero-order chi connectivity index (χ0) is 15.6. The van der Waals surface area contributed by atoms with E-state index in [0.717, 1.165) is 24.4 Å². The van der Waals surface area contributed by atoms with Crippen LogP contribution >= 0.6 is 11.3 Å². The minimum Gasteiger partial charge on any atom is -0.337 e. The Kier molecular flexibility index (Phi) is 3.92. The SMILES string of the molecule is C[C@H](c1nc(-c2cccs2)no1)N1CCC[C@H]1Cn1cncn1. The highest BCUT2D eigenvalue weighted by Gasteiger charge is 2.32. The van der Waals surface area contributed by atoms with Crippen molar-refractivity contribution in [2.24, 2.45) is 0 Å². The van der Waals surface area contributed by atoms with Crippen LogP contribution in [0, 0.1) is 0 Å². The summed E-state index contributed by atoms with van der Waals surface area (Å²) in [6.45, 7) is 4.01. The average molecular weight is 330 g/mol. The summed E-state index contributed by atoms with van der Waals surface area (Å²) in [5, 5.41) is 10.4. The van der Waals surface area contributed by atoms with Crippen LogP contribution in [0.3, 0.4) is 0 Å². The molecular weight excluding hydrogens is 312 g/mol. The lowest BCUT2D eigenvalue weighted by molar-refractivity contribution is 0.144. The zero-order valence-electron chi connectivity index (χ0n) is 12.9. The first-order chi connectivity index (χ1) is 11.3. The van der Waals surface area contributed by atoms with Crippen molar-refractivity contribution >= 4 is 11.3 Å². The van der Waals surface area contributed by atoms with Crippen LogP contribution in [0.25, 0.3) is 10.7 Å². The van der Waals surface area contributed by atoms with Gasteiger partial charge in [-0.1, -0.05) is 11.2 Å². The Balaban J connectivity index is 1.50. The summed E-state index contributed by atoms with van der Waals surface area (Å²) >= 11 is 1.62. The number of aromatic nitrogens is 5. The van der Waals surface area contributed by atoms with Crippen LogP contribution in [0.2, 0.25) is 0 Å². The van der Waals surface area contributed by atoms with Crippen molar-refractivity contribution in [2.75, 3.05) is 6.54 Å². The molecular formula is C15H18N6OS. The molecule has 1 aliphatic heterocycles. The summed E-state index contributed by atoms with van der Waals surface area (Å²) in [7, 11) is 0. The third-order valence-corrected chi connectivity index (χ3v) is 5.19. The van der Waals surface area contributed by atoms with Gasteiger partial charge in [-0.3, -0.25) is 9.58 Å². The molecule has 1 aliphatic rings. The molecule has 3 aromatic heterocycles. The summed E-state index contributed by atoms with van der Waals surface area (Å²) in [6.07, 6.45) is 5.67. The lowest BCUT2D eigenvalue weighted by Crippen LogP contribution is -2.35. The Labute approximate surface area is 138 Å². The van der Waals surface area contributed by atoms with E-state index in [4.69, 9.17) is 4.52 Å². The molecule has 120 valence electrons. The van der Waals surface area contributed by atoms with E-state index in [9.17, 15) is 0 Å². The Morgan fingerprint density at radius 1 is 1.48 bits per heavy atom. The normalized spacial score (nSPS) is 20.1. The lowest BCUT2D eigenvalue weighted by atomic mass is 10.2. The molecule has 0 saturated carbocycles. The van der Waals surface area contributed by atoms with Crippen molar-refractivity contribution < 1.29 is 4.52 Å². The molecule has 0 aliphatic carbocycles. The number of thiophene rings is 1. The second kappa shape index (κ2) is 6.21. The van der Waals surface area contributed by atoms with Gasteiger partial charge in [-0.05, 0) is 37.8 Å². The van der Waals surface area contributed by atoms with Crippen molar-refractivity contribution in [1.82, 2.24) is 29.8 Å². The Morgan fingerprint density at radius 3 is 3.22 bits per heavy atom. The van der Waals surface area contributed by atoms with Crippen LogP contribution < -0.4 is 0 Å². The molecule has 0 aromatic carbocycles. The van der Waals surface area contributed by atoms with Crippen molar-refractivity contribution in [2.45, 2.75) is 38.4 Å². The van der Waals surface area contributed by atoms with Gasteiger partial charge in [0.2, 0.25) is 11.7 Å². The topological polar surface area (TPSA) is 72.9 Å². The monoisotopic (exact) mass is 330 g/mol. The minimum atomic E-state index is 0.104. The molecule has 1 saturated heterocycles. The first kappa shape index (κ1) is 14.5. The van der Waals surface area contributed by atoms with Crippen LogP contribution in [-0.4, -0.2) is 42.4 Å². The van der Waals surface area contributed by atoms with Crippen LogP contribution in [0.4, 0.5) is 0 Å². The van der Waals surface area contributed by atoms with Gasteiger partial charge < -0.3 is 4.52 Å². The van der Waals surface area contributed by atoms with Gasteiger partial charge in [0.15, 0.2) is 0 Å².